The summed E-state index contributed by atoms with van der Waals surface area (Å²) < 4.78 is 28.3. The highest BCUT2D eigenvalue weighted by atomic mass is 35.5. The van der Waals surface area contributed by atoms with Crippen molar-refractivity contribution in [2.75, 3.05) is 31.1 Å². The van der Waals surface area contributed by atoms with Crippen molar-refractivity contribution in [2.45, 2.75) is 24.8 Å². The molecule has 0 unspecified atom stereocenters. The number of likely N-dealkylation sites (tertiary alicyclic amines) is 1. The van der Waals surface area contributed by atoms with Crippen LogP contribution in [0.3, 0.4) is 0 Å². The van der Waals surface area contributed by atoms with Crippen LogP contribution in [-0.4, -0.2) is 42.1 Å². The number of fused-ring (bicyclic) bond motifs is 2. The Labute approximate surface area is 235 Å². The van der Waals surface area contributed by atoms with Crippen molar-refractivity contribution in [2.24, 2.45) is 0 Å². The third kappa shape index (κ3) is 5.52. The second-order valence-corrected chi connectivity index (χ2v) is 10.9. The van der Waals surface area contributed by atoms with E-state index in [1.165, 1.54) is 18.3 Å². The lowest BCUT2D eigenvalue weighted by molar-refractivity contribution is 0.180. The topological polar surface area (TPSA) is 48.5 Å². The van der Waals surface area contributed by atoms with Crippen LogP contribution in [0.5, 0.6) is 0 Å². The predicted octanol–water partition coefficient (Wildman–Crippen LogP) is 7.10. The van der Waals surface area contributed by atoms with E-state index in [0.29, 0.717) is 41.2 Å². The zero-order valence-electron chi connectivity index (χ0n) is 20.4. The zero-order chi connectivity index (χ0) is 26.9. The van der Waals surface area contributed by atoms with E-state index >= 15 is 0 Å². The number of pyridine rings is 1. The maximum atomic E-state index is 14.8. The summed E-state index contributed by atoms with van der Waals surface area (Å²) in [5.41, 5.74) is 2.30. The summed E-state index contributed by atoms with van der Waals surface area (Å²) in [7, 11) is 0. The lowest BCUT2D eigenvalue weighted by Gasteiger charge is -2.39. The molecule has 0 radical (unpaired) electrons. The highest BCUT2D eigenvalue weighted by Crippen LogP contribution is 2.52. The van der Waals surface area contributed by atoms with Crippen LogP contribution in [0, 0.1) is 11.8 Å². The lowest BCUT2D eigenvalue weighted by Crippen LogP contribution is -2.47. The summed E-state index contributed by atoms with van der Waals surface area (Å²) in [6.07, 6.45) is 6.92. The fraction of sp³-hybridized carbons (Fsp3) is 0.286. The fourth-order valence-corrected chi connectivity index (χ4v) is 6.03. The van der Waals surface area contributed by atoms with Gasteiger partial charge in [0, 0.05) is 41.8 Å². The number of hydrogen-bond acceptors (Lipinski definition) is 3. The van der Waals surface area contributed by atoms with E-state index in [0.717, 1.165) is 25.2 Å². The molecular weight excluding hydrogens is 553 g/mol. The van der Waals surface area contributed by atoms with Gasteiger partial charge in [0.25, 0.3) is 0 Å². The molecule has 1 fully saturated rings. The molecule has 2 aliphatic heterocycles. The third-order valence-electron chi connectivity index (χ3n) is 7.26. The molecule has 1 saturated heterocycles. The molecule has 0 atom stereocenters. The first-order chi connectivity index (χ1) is 18.3. The van der Waals surface area contributed by atoms with Crippen LogP contribution in [0.15, 0.2) is 54.7 Å². The first kappa shape index (κ1) is 26.9. The average molecular weight is 578 g/mol. The molecule has 2 aliphatic rings. The number of hydrogen-bond donors (Lipinski definition) is 1. The monoisotopic (exact) mass is 576 g/mol. The minimum Gasteiger partial charge on any atom is -0.334 e. The molecule has 1 aromatic heterocycles. The highest BCUT2D eigenvalue weighted by molar-refractivity contribution is 6.36. The molecule has 198 valence electrons. The van der Waals surface area contributed by atoms with Gasteiger partial charge in [-0.15, -0.1) is 0 Å². The van der Waals surface area contributed by atoms with Crippen molar-refractivity contribution in [1.29, 1.82) is 0 Å². The van der Waals surface area contributed by atoms with Crippen molar-refractivity contribution in [3.05, 3.63) is 98.3 Å². The van der Waals surface area contributed by atoms with E-state index in [-0.39, 0.29) is 22.6 Å². The fourth-order valence-electron chi connectivity index (χ4n) is 5.26. The Hall–Kier alpha value is -2.71. The van der Waals surface area contributed by atoms with Gasteiger partial charge < -0.3 is 5.32 Å². The van der Waals surface area contributed by atoms with Crippen LogP contribution in [0.4, 0.5) is 19.3 Å². The number of benzene rings is 2. The lowest BCUT2D eigenvalue weighted by atomic mass is 9.74. The predicted molar refractivity (Wildman–Crippen MR) is 148 cm³/mol. The number of amides is 2. The van der Waals surface area contributed by atoms with Crippen LogP contribution >= 0.6 is 34.8 Å². The first-order valence-corrected chi connectivity index (χ1v) is 13.4. The number of halogens is 5. The third-order valence-corrected chi connectivity index (χ3v) is 8.14. The number of urea groups is 1. The normalized spacial score (nSPS) is 16.8. The van der Waals surface area contributed by atoms with Crippen LogP contribution < -0.4 is 10.2 Å². The number of nitrogens with zero attached hydrogens (tertiary/aromatic N) is 3. The molecule has 0 saturated carbocycles. The number of aromatic nitrogens is 1. The Morgan fingerprint density at radius 2 is 1.82 bits per heavy atom. The second kappa shape index (κ2) is 11.2. The van der Waals surface area contributed by atoms with Crippen LogP contribution in [0.1, 0.15) is 29.5 Å². The van der Waals surface area contributed by atoms with E-state index < -0.39 is 17.2 Å². The molecule has 38 heavy (non-hydrogen) atoms. The maximum absolute atomic E-state index is 14.8. The molecule has 3 aromatic rings. The number of rotatable bonds is 5. The van der Waals surface area contributed by atoms with Gasteiger partial charge in [-0.3, -0.25) is 9.80 Å². The van der Waals surface area contributed by atoms with Crippen molar-refractivity contribution in [1.82, 2.24) is 15.2 Å². The Bertz CT molecular complexity index is 1380. The number of piperidine rings is 1. The van der Waals surface area contributed by atoms with Gasteiger partial charge >= 0.3 is 6.03 Å². The minimum atomic E-state index is -0.672. The van der Waals surface area contributed by atoms with Gasteiger partial charge in [-0.25, -0.2) is 14.2 Å². The van der Waals surface area contributed by atoms with Gasteiger partial charge in [0.15, 0.2) is 5.82 Å². The summed E-state index contributed by atoms with van der Waals surface area (Å²) in [5.74, 6) is -1.29. The molecule has 2 aromatic carbocycles. The Kier molecular flexibility index (Phi) is 7.91. The summed E-state index contributed by atoms with van der Waals surface area (Å²) in [5, 5.41) is 3.36. The van der Waals surface area contributed by atoms with Gasteiger partial charge in [-0.1, -0.05) is 59.1 Å². The van der Waals surface area contributed by atoms with E-state index in [2.05, 4.69) is 27.4 Å². The van der Waals surface area contributed by atoms with E-state index in [1.54, 1.807) is 11.0 Å². The molecule has 5 rings (SSSR count). The van der Waals surface area contributed by atoms with Crippen molar-refractivity contribution in [3.63, 3.8) is 0 Å². The van der Waals surface area contributed by atoms with Gasteiger partial charge in [-0.2, -0.15) is 4.39 Å². The zero-order valence-corrected chi connectivity index (χ0v) is 22.6. The van der Waals surface area contributed by atoms with Gasteiger partial charge in [0.2, 0.25) is 5.95 Å². The second-order valence-electron chi connectivity index (χ2n) is 9.65. The molecule has 0 aliphatic carbocycles. The number of carbonyl (C=O) groups is 1. The molecule has 0 bridgehead atoms. The van der Waals surface area contributed by atoms with Crippen molar-refractivity contribution < 1.29 is 13.6 Å². The maximum Gasteiger partial charge on any atom is 0.322 e. The quantitative estimate of drug-likeness (QED) is 0.260. The first-order valence-electron chi connectivity index (χ1n) is 12.2. The van der Waals surface area contributed by atoms with Crippen molar-refractivity contribution >= 4 is 52.6 Å². The largest absolute Gasteiger partial charge is 0.334 e. The minimum absolute atomic E-state index is 0.0323. The van der Waals surface area contributed by atoms with Crippen LogP contribution in [0.2, 0.25) is 15.1 Å². The Balaban J connectivity index is 1.31. The number of nitrogens with one attached hydrogen (secondary N) is 1. The van der Waals surface area contributed by atoms with Gasteiger partial charge in [0.1, 0.15) is 0 Å². The van der Waals surface area contributed by atoms with E-state index in [4.69, 9.17) is 34.8 Å². The van der Waals surface area contributed by atoms with Crippen LogP contribution in [0.25, 0.3) is 6.08 Å². The summed E-state index contributed by atoms with van der Waals surface area (Å²) in [6, 6.07) is 11.6. The molecule has 10 heteroatoms. The summed E-state index contributed by atoms with van der Waals surface area (Å²) in [6.45, 7) is 2.76. The molecular formula is C28H25Cl3F2N4O. The Morgan fingerprint density at radius 1 is 1.08 bits per heavy atom. The Morgan fingerprint density at radius 3 is 2.53 bits per heavy atom. The number of carbonyl (C=O) groups excluding carboxylic acids is 1. The van der Waals surface area contributed by atoms with Gasteiger partial charge in [-0.05, 0) is 67.4 Å². The number of anilines is 1. The molecule has 1 N–H and O–H groups in total. The highest BCUT2D eigenvalue weighted by Gasteiger charge is 2.48. The summed E-state index contributed by atoms with van der Waals surface area (Å²) >= 11 is 18.6. The van der Waals surface area contributed by atoms with Crippen LogP contribution in [-0.2, 0) is 12.0 Å². The molecule has 1 spiro atoms. The molecule has 5 nitrogen and oxygen atoms in total. The SMILES string of the molecule is O=C(NCc1ccnc(F)c1)N1CC2(CCN(CC=Cc3ccc(Cl)cc3)CC2)c2c1cc(Cl)c(F)c2Cl. The van der Waals surface area contributed by atoms with E-state index in [9.17, 15) is 13.6 Å². The van der Waals surface area contributed by atoms with E-state index in [1.807, 2.05) is 24.3 Å². The standard InChI is InChI=1S/C28H25Cl3F2N4O/c29-20-5-3-18(4-6-20)2-1-11-36-12-8-28(9-13-36)17-37(22-15-21(30)26(33)25(31)24(22)28)27(38)35-16-19-7-10-34-23(32)14-19/h1-7,10,14-15H,8-9,11-13,16-17H2,(H,35,38). The molecule has 2 amide bonds. The molecule has 3 heterocycles. The average Bonchev–Trinajstić information content (AvgIpc) is 3.22. The summed E-state index contributed by atoms with van der Waals surface area (Å²) in [4.78, 5) is 20.7. The smallest absolute Gasteiger partial charge is 0.322 e. The van der Waals surface area contributed by atoms with Gasteiger partial charge in [0.05, 0.1) is 15.7 Å². The van der Waals surface area contributed by atoms with Crippen molar-refractivity contribution in [3.8, 4) is 0 Å².